The number of hydrogen-bond acceptors (Lipinski definition) is 4. The second-order valence-corrected chi connectivity index (χ2v) is 5.86. The molecule has 0 bridgehead atoms. The Kier molecular flexibility index (Phi) is 4.77. The fourth-order valence-corrected chi connectivity index (χ4v) is 3.05. The zero-order valence-electron chi connectivity index (χ0n) is 12.9. The van der Waals surface area contributed by atoms with E-state index in [1.165, 1.54) is 12.8 Å². The van der Waals surface area contributed by atoms with Gasteiger partial charge in [-0.3, -0.25) is 9.36 Å². The molecule has 0 aliphatic carbocycles. The Morgan fingerprint density at radius 3 is 2.71 bits per heavy atom. The molecule has 116 valence electrons. The van der Waals surface area contributed by atoms with Gasteiger partial charge in [0.1, 0.15) is 0 Å². The van der Waals surface area contributed by atoms with Gasteiger partial charge < -0.3 is 10.0 Å². The van der Waals surface area contributed by atoms with Gasteiger partial charge >= 0.3 is 11.7 Å². The molecule has 2 rings (SSSR count). The van der Waals surface area contributed by atoms with Crippen LogP contribution in [-0.4, -0.2) is 45.2 Å². The quantitative estimate of drug-likeness (QED) is 0.895. The van der Waals surface area contributed by atoms with Crippen molar-refractivity contribution >= 4 is 5.97 Å². The highest BCUT2D eigenvalue weighted by Crippen LogP contribution is 2.18. The number of likely N-dealkylation sites (N-methyl/N-ethyl adjacent to an activating group) is 1. The van der Waals surface area contributed by atoms with E-state index < -0.39 is 5.97 Å². The molecule has 0 spiro atoms. The number of aliphatic carboxylic acids is 1. The average molecular weight is 293 g/mol. The molecule has 0 saturated carbocycles. The summed E-state index contributed by atoms with van der Waals surface area (Å²) in [7, 11) is 2.07. The van der Waals surface area contributed by atoms with Crippen LogP contribution in [0.2, 0.25) is 0 Å². The summed E-state index contributed by atoms with van der Waals surface area (Å²) in [6, 6.07) is 0.317. The molecule has 0 amide bonds. The van der Waals surface area contributed by atoms with Crippen molar-refractivity contribution < 1.29 is 9.90 Å². The van der Waals surface area contributed by atoms with Crippen LogP contribution in [0.15, 0.2) is 4.79 Å². The molecule has 1 atom stereocenters. The van der Waals surface area contributed by atoms with Gasteiger partial charge in [0.05, 0.1) is 6.42 Å². The van der Waals surface area contributed by atoms with Gasteiger partial charge in [-0.05, 0) is 40.3 Å². The molecule has 1 aromatic heterocycles. The van der Waals surface area contributed by atoms with E-state index in [9.17, 15) is 9.59 Å². The van der Waals surface area contributed by atoms with Crippen molar-refractivity contribution in [3.63, 3.8) is 0 Å². The smallest absolute Gasteiger partial charge is 0.348 e. The molecule has 1 N–H and O–H groups in total. The van der Waals surface area contributed by atoms with Gasteiger partial charge in [0.15, 0.2) is 0 Å². The number of hydrogen-bond donors (Lipinski definition) is 1. The Labute approximate surface area is 124 Å². The van der Waals surface area contributed by atoms with Crippen LogP contribution in [0.5, 0.6) is 0 Å². The lowest BCUT2D eigenvalue weighted by atomic mass is 10.0. The van der Waals surface area contributed by atoms with Crippen LogP contribution in [0.3, 0.4) is 0 Å². The van der Waals surface area contributed by atoms with Gasteiger partial charge in [0.25, 0.3) is 0 Å². The highest BCUT2D eigenvalue weighted by Gasteiger charge is 2.22. The number of carbonyl (C=O) groups is 1. The maximum Gasteiger partial charge on any atom is 0.348 e. The molecule has 1 unspecified atom stereocenters. The summed E-state index contributed by atoms with van der Waals surface area (Å²) in [6.45, 7) is 5.14. The van der Waals surface area contributed by atoms with Gasteiger partial charge in [0, 0.05) is 29.5 Å². The lowest BCUT2D eigenvalue weighted by molar-refractivity contribution is -0.136. The Hall–Kier alpha value is -1.69. The fourth-order valence-electron chi connectivity index (χ4n) is 3.05. The van der Waals surface area contributed by atoms with Crippen LogP contribution in [0.4, 0.5) is 0 Å². The predicted octanol–water partition coefficient (Wildman–Crippen LogP) is 0.972. The third-order valence-electron chi connectivity index (χ3n) is 4.42. The zero-order chi connectivity index (χ0) is 15.6. The minimum absolute atomic E-state index is 0.0918. The van der Waals surface area contributed by atoms with Crippen LogP contribution < -0.4 is 5.69 Å². The third-order valence-corrected chi connectivity index (χ3v) is 4.42. The highest BCUT2D eigenvalue weighted by molar-refractivity contribution is 5.70. The van der Waals surface area contributed by atoms with Gasteiger partial charge in [-0.1, -0.05) is 6.42 Å². The van der Waals surface area contributed by atoms with Crippen LogP contribution >= 0.6 is 0 Å². The second kappa shape index (κ2) is 6.39. The van der Waals surface area contributed by atoms with Crippen molar-refractivity contribution in [1.82, 2.24) is 14.5 Å². The van der Waals surface area contributed by atoms with Crippen molar-refractivity contribution in [2.24, 2.45) is 0 Å². The molecule has 0 aromatic carbocycles. The summed E-state index contributed by atoms with van der Waals surface area (Å²) in [5.74, 6) is -0.900. The second-order valence-electron chi connectivity index (χ2n) is 5.86. The van der Waals surface area contributed by atoms with Gasteiger partial charge in [0.2, 0.25) is 0 Å². The molecule has 1 aliphatic heterocycles. The Morgan fingerprint density at radius 2 is 2.10 bits per heavy atom. The van der Waals surface area contributed by atoms with Crippen molar-refractivity contribution in [2.45, 2.75) is 52.1 Å². The number of likely N-dealkylation sites (tertiary alicyclic amines) is 1. The van der Waals surface area contributed by atoms with E-state index in [2.05, 4.69) is 16.9 Å². The summed E-state index contributed by atoms with van der Waals surface area (Å²) < 4.78 is 1.64. The number of aryl methyl sites for hydroxylation is 1. The molecule has 0 radical (unpaired) electrons. The molecule has 1 aromatic rings. The fraction of sp³-hybridized carbons (Fsp3) is 0.667. The molecule has 21 heavy (non-hydrogen) atoms. The van der Waals surface area contributed by atoms with E-state index in [1.807, 2.05) is 6.92 Å². The SMILES string of the molecule is Cc1nc(=O)n(CC2CCCCN2C)c(C)c1CC(=O)O. The normalized spacial score (nSPS) is 19.7. The molecule has 1 saturated heterocycles. The van der Waals surface area contributed by atoms with E-state index in [0.29, 0.717) is 23.8 Å². The molecule has 1 fully saturated rings. The Balaban J connectivity index is 2.34. The lowest BCUT2D eigenvalue weighted by Gasteiger charge is -2.33. The Morgan fingerprint density at radius 1 is 1.38 bits per heavy atom. The first kappa shape index (κ1) is 15.7. The summed E-state index contributed by atoms with van der Waals surface area (Å²) in [4.78, 5) is 29.4. The molecule has 6 heteroatoms. The van der Waals surface area contributed by atoms with Gasteiger partial charge in [-0.25, -0.2) is 4.79 Å². The maximum atomic E-state index is 12.2. The summed E-state index contributed by atoms with van der Waals surface area (Å²) in [5.41, 5.74) is 1.63. The van der Waals surface area contributed by atoms with E-state index in [-0.39, 0.29) is 12.1 Å². The van der Waals surface area contributed by atoms with Crippen molar-refractivity contribution in [3.8, 4) is 0 Å². The molecule has 2 heterocycles. The highest BCUT2D eigenvalue weighted by atomic mass is 16.4. The monoisotopic (exact) mass is 293 g/mol. The van der Waals surface area contributed by atoms with E-state index in [0.717, 1.165) is 18.7 Å². The molecular weight excluding hydrogens is 270 g/mol. The third kappa shape index (κ3) is 3.50. The van der Waals surface area contributed by atoms with E-state index in [4.69, 9.17) is 5.11 Å². The summed E-state index contributed by atoms with van der Waals surface area (Å²) in [5, 5.41) is 9.02. The predicted molar refractivity (Wildman–Crippen MR) is 79.6 cm³/mol. The summed E-state index contributed by atoms with van der Waals surface area (Å²) in [6.07, 6.45) is 3.33. The van der Waals surface area contributed by atoms with Crippen LogP contribution in [0.1, 0.15) is 36.2 Å². The average Bonchev–Trinajstić information content (AvgIpc) is 2.41. The number of nitrogens with zero attached hydrogens (tertiary/aromatic N) is 3. The van der Waals surface area contributed by atoms with E-state index >= 15 is 0 Å². The first-order valence-electron chi connectivity index (χ1n) is 7.39. The number of carboxylic acids is 1. The minimum Gasteiger partial charge on any atom is -0.481 e. The standard InChI is InChI=1S/C15H23N3O3/c1-10-13(8-14(19)20)11(2)18(15(21)16-10)9-12-6-4-5-7-17(12)3/h12H,4-9H2,1-3H3,(H,19,20). The minimum atomic E-state index is -0.900. The number of carboxylic acid groups (broad SMARTS) is 1. The lowest BCUT2D eigenvalue weighted by Crippen LogP contribution is -2.42. The molecule has 6 nitrogen and oxygen atoms in total. The first-order valence-corrected chi connectivity index (χ1v) is 7.39. The number of piperidine rings is 1. The van der Waals surface area contributed by atoms with Crippen molar-refractivity contribution in [2.75, 3.05) is 13.6 Å². The van der Waals surface area contributed by atoms with Gasteiger partial charge in [-0.2, -0.15) is 4.98 Å². The van der Waals surface area contributed by atoms with Crippen molar-refractivity contribution in [1.29, 1.82) is 0 Å². The molecule has 1 aliphatic rings. The Bertz CT molecular complexity index is 595. The summed E-state index contributed by atoms with van der Waals surface area (Å²) >= 11 is 0. The maximum absolute atomic E-state index is 12.2. The number of aromatic nitrogens is 2. The van der Waals surface area contributed by atoms with Crippen LogP contribution in [0, 0.1) is 13.8 Å². The van der Waals surface area contributed by atoms with Gasteiger partial charge in [-0.15, -0.1) is 0 Å². The van der Waals surface area contributed by atoms with E-state index in [1.54, 1.807) is 11.5 Å². The zero-order valence-corrected chi connectivity index (χ0v) is 12.9. The topological polar surface area (TPSA) is 75.4 Å². The first-order chi connectivity index (χ1) is 9.90. The largest absolute Gasteiger partial charge is 0.481 e. The van der Waals surface area contributed by atoms with Crippen LogP contribution in [0.25, 0.3) is 0 Å². The number of rotatable bonds is 4. The molecular formula is C15H23N3O3. The van der Waals surface area contributed by atoms with Crippen LogP contribution in [-0.2, 0) is 17.8 Å². The van der Waals surface area contributed by atoms with Crippen molar-refractivity contribution in [3.05, 3.63) is 27.4 Å².